The van der Waals surface area contributed by atoms with Gasteiger partial charge in [0.05, 0.1) is 0 Å². The van der Waals surface area contributed by atoms with Gasteiger partial charge in [0.15, 0.2) is 0 Å². The predicted octanol–water partition coefficient (Wildman–Crippen LogP) is 8.40. The summed E-state index contributed by atoms with van der Waals surface area (Å²) >= 11 is 7.50. The van der Waals surface area contributed by atoms with E-state index in [1.807, 2.05) is 0 Å². The number of rotatable bonds is 11. The van der Waals surface area contributed by atoms with Crippen molar-refractivity contribution >= 4 is 78.2 Å². The number of benzene rings is 6. The van der Waals surface area contributed by atoms with Crippen molar-refractivity contribution in [3.8, 4) is 0 Å². The van der Waals surface area contributed by atoms with E-state index in [0.29, 0.717) is 6.61 Å². The van der Waals surface area contributed by atoms with Crippen LogP contribution in [0.4, 0.5) is 0 Å². The molecule has 0 aliphatic carbocycles. The van der Waals surface area contributed by atoms with Crippen LogP contribution in [0.3, 0.4) is 0 Å². The van der Waals surface area contributed by atoms with Crippen molar-refractivity contribution < 1.29 is 29.3 Å². The van der Waals surface area contributed by atoms with E-state index < -0.39 is 14.5 Å². The smallest absolute Gasteiger partial charge is 0 e. The average molecular weight is 930 g/mol. The maximum Gasteiger partial charge on any atom is 0 e. The molecule has 0 N–H and O–H groups in total. The fourth-order valence-corrected chi connectivity index (χ4v) is 17.4. The molecule has 45 heavy (non-hydrogen) atoms. The van der Waals surface area contributed by atoms with Crippen molar-refractivity contribution in [2.75, 3.05) is 6.61 Å². The van der Waals surface area contributed by atoms with Crippen molar-refractivity contribution in [3.05, 3.63) is 182 Å². The van der Waals surface area contributed by atoms with Gasteiger partial charge in [0.2, 0.25) is 0 Å². The van der Waals surface area contributed by atoms with Crippen LogP contribution in [-0.4, -0.2) is 10.3 Å². The summed E-state index contributed by atoms with van der Waals surface area (Å²) < 4.78 is 16.0. The van der Waals surface area contributed by atoms with Crippen LogP contribution in [0.1, 0.15) is 0 Å². The second-order valence-electron chi connectivity index (χ2n) is 10.3. The van der Waals surface area contributed by atoms with Gasteiger partial charge >= 0.3 is 279 Å². The van der Waals surface area contributed by atoms with Gasteiger partial charge in [0, 0.05) is 20.4 Å². The molecule has 0 bridgehead atoms. The molecule has 0 fully saturated rings. The summed E-state index contributed by atoms with van der Waals surface area (Å²) in [6.45, 7) is 0.356. The Labute approximate surface area is 297 Å². The van der Waals surface area contributed by atoms with Crippen molar-refractivity contribution in [2.24, 2.45) is 0 Å². The summed E-state index contributed by atoms with van der Waals surface area (Å²) in [5.41, 5.74) is 0. The Balaban J connectivity index is 0.00000400. The van der Waals surface area contributed by atoms with E-state index in [1.54, 1.807) is 0 Å². The molecule has 0 heterocycles. The number of halogens is 2. The van der Waals surface area contributed by atoms with E-state index in [1.165, 1.54) is 0 Å². The summed E-state index contributed by atoms with van der Waals surface area (Å²) in [6.07, 6.45) is 0. The van der Waals surface area contributed by atoms with Gasteiger partial charge in [0.1, 0.15) is 0 Å². The summed E-state index contributed by atoms with van der Waals surface area (Å²) in [7, 11) is -7.17. The van der Waals surface area contributed by atoms with Crippen LogP contribution in [0.25, 0.3) is 0 Å². The summed E-state index contributed by atoms with van der Waals surface area (Å²) in [5.74, 6) is 0. The normalized spacial score (nSPS) is 12.6. The molecule has 0 aromatic heterocycles. The topological polar surface area (TPSA) is 18.5 Å². The van der Waals surface area contributed by atoms with Crippen LogP contribution in [0.5, 0.6) is 0 Å². The van der Waals surface area contributed by atoms with E-state index >= 15 is 0 Å². The first-order valence-electron chi connectivity index (χ1n) is 14.5. The summed E-state index contributed by atoms with van der Waals surface area (Å²) in [6, 6.07) is 63.8. The molecule has 0 spiro atoms. The molecule has 6 rings (SSSR count). The Bertz CT molecular complexity index is 1570. The molecular weight excluding hydrogens is 896 g/mol. The Kier molecular flexibility index (Phi) is 11.4. The van der Waals surface area contributed by atoms with E-state index in [0.717, 1.165) is 31.8 Å². The summed E-state index contributed by atoms with van der Waals surface area (Å²) in [4.78, 5) is 0. The molecule has 0 saturated carbocycles. The van der Waals surface area contributed by atoms with Crippen LogP contribution < -0.4 is 31.8 Å². The second kappa shape index (κ2) is 15.1. The minimum Gasteiger partial charge on any atom is 0 e. The van der Waals surface area contributed by atoms with E-state index in [9.17, 15) is 0 Å². The maximum atomic E-state index is 8.46. The van der Waals surface area contributed by atoms with Crippen LogP contribution >= 0.6 is 46.4 Å². The predicted molar refractivity (Wildman–Crippen MR) is 199 cm³/mol. The zero-order chi connectivity index (χ0) is 30.3. The van der Waals surface area contributed by atoms with E-state index in [2.05, 4.69) is 214 Å². The molecule has 2 nitrogen and oxygen atoms in total. The van der Waals surface area contributed by atoms with Crippen LogP contribution in [0.15, 0.2) is 182 Å². The number of hydrogen-bond donors (Lipinski definition) is 0. The van der Waals surface area contributed by atoms with Crippen molar-refractivity contribution in [1.29, 1.82) is 0 Å². The minimum absolute atomic E-state index is 0. The Morgan fingerprint density at radius 2 is 0.711 bits per heavy atom. The van der Waals surface area contributed by atoms with Gasteiger partial charge in [-0.2, -0.15) is 0 Å². The van der Waals surface area contributed by atoms with E-state index in [-0.39, 0.29) is 24.2 Å². The van der Waals surface area contributed by atoms with Gasteiger partial charge in [-0.05, 0) is 0 Å². The first-order chi connectivity index (χ1) is 21.6. The fourth-order valence-electron chi connectivity index (χ4n) is 5.87. The van der Waals surface area contributed by atoms with Crippen LogP contribution in [0.2, 0.25) is 0 Å². The van der Waals surface area contributed by atoms with Crippen molar-refractivity contribution in [1.82, 2.24) is 0 Å². The Morgan fingerprint density at radius 1 is 0.444 bits per heavy atom. The molecular formula is C38H33Br2O2P2Re+. The monoisotopic (exact) mass is 928 g/mol. The molecule has 6 aromatic carbocycles. The SMILES string of the molecule is BrC(Br)COP(O[P+](c1ccccc1)(c1ccccc1)c1ccccc1)(c1ccccc1)(c1ccccc1)c1ccccc1.[Re]. The third kappa shape index (κ3) is 6.36. The zero-order valence-corrected chi connectivity index (χ0v) is 32.1. The molecule has 0 amide bonds. The zero-order valence-electron chi connectivity index (χ0n) is 24.4. The number of alkyl halides is 2. The molecule has 227 valence electrons. The molecule has 6 aromatic rings. The number of hydrogen-bond acceptors (Lipinski definition) is 2. The third-order valence-corrected chi connectivity index (χ3v) is 17.9. The van der Waals surface area contributed by atoms with E-state index in [4.69, 9.17) is 8.83 Å². The quantitative estimate of drug-likeness (QED) is 0.0961. The molecule has 1 radical (unpaired) electrons. The van der Waals surface area contributed by atoms with Gasteiger partial charge in [-0.3, -0.25) is 0 Å². The second-order valence-corrected chi connectivity index (χ2v) is 20.9. The average Bonchev–Trinajstić information content (AvgIpc) is 3.11. The van der Waals surface area contributed by atoms with Crippen LogP contribution in [-0.2, 0) is 29.3 Å². The molecule has 0 aliphatic rings. The van der Waals surface area contributed by atoms with Gasteiger partial charge in [-0.1, -0.05) is 0 Å². The first kappa shape index (κ1) is 34.1. The summed E-state index contributed by atoms with van der Waals surface area (Å²) in [5, 5.41) is 6.36. The van der Waals surface area contributed by atoms with Crippen LogP contribution in [0, 0.1) is 0 Å². The van der Waals surface area contributed by atoms with Gasteiger partial charge in [0.25, 0.3) is 0 Å². The van der Waals surface area contributed by atoms with Gasteiger partial charge in [-0.15, -0.1) is 0 Å². The minimum atomic E-state index is -4.28. The maximum absolute atomic E-state index is 8.46. The Hall–Kier alpha value is -2.28. The molecule has 0 aliphatic heterocycles. The van der Waals surface area contributed by atoms with Gasteiger partial charge in [-0.25, -0.2) is 0 Å². The standard InChI is InChI=1S/C38H33Br2O2P2.Re/c39-38(40)31-41-44(35-25-13-4-14-26-35,36-27-15-5-16-28-36,37-29-17-6-18-30-37)42-43(32-19-7-1-8-20-32,33-21-9-2-10-22-33)34-23-11-3-12-24-34;/h1-30,38H,31H2;/q+1;. The first-order valence-corrected chi connectivity index (χ1v) is 20.1. The largest absolute Gasteiger partial charge is 0 e. The van der Waals surface area contributed by atoms with Gasteiger partial charge < -0.3 is 0 Å². The van der Waals surface area contributed by atoms with Crippen molar-refractivity contribution in [2.45, 2.75) is 3.74 Å². The molecule has 0 atom stereocenters. The molecule has 0 unspecified atom stereocenters. The fraction of sp³-hybridized carbons (Fsp3) is 0.0526. The molecule has 7 heteroatoms. The van der Waals surface area contributed by atoms with Crippen molar-refractivity contribution in [3.63, 3.8) is 0 Å². The molecule has 0 saturated heterocycles. The Morgan fingerprint density at radius 3 is 0.978 bits per heavy atom. The third-order valence-electron chi connectivity index (χ3n) is 7.76.